The number of aromatic hydroxyl groups is 1. The van der Waals surface area contributed by atoms with Crippen molar-refractivity contribution in [2.45, 2.75) is 45.4 Å². The van der Waals surface area contributed by atoms with Crippen molar-refractivity contribution in [3.63, 3.8) is 0 Å². The number of esters is 1. The number of nitrogen functional groups attached to an aromatic ring is 1. The first kappa shape index (κ1) is 15.3. The molecule has 0 amide bonds. The Morgan fingerprint density at radius 3 is 2.58 bits per heavy atom. The first-order valence-corrected chi connectivity index (χ1v) is 6.90. The van der Waals surface area contributed by atoms with Crippen LogP contribution in [0.3, 0.4) is 0 Å². The van der Waals surface area contributed by atoms with Gasteiger partial charge in [0.1, 0.15) is 5.75 Å². The molecule has 3 N–H and O–H groups in total. The SMILES string of the molecule is CCCCCCCCOC(=O)c1ccc(N)c(O)c1. The summed E-state index contributed by atoms with van der Waals surface area (Å²) in [6, 6.07) is 4.38. The summed E-state index contributed by atoms with van der Waals surface area (Å²) >= 11 is 0. The summed E-state index contributed by atoms with van der Waals surface area (Å²) in [7, 11) is 0. The Morgan fingerprint density at radius 2 is 1.89 bits per heavy atom. The monoisotopic (exact) mass is 265 g/mol. The highest BCUT2D eigenvalue weighted by Gasteiger charge is 2.08. The first-order chi connectivity index (χ1) is 9.15. The normalized spacial score (nSPS) is 10.4. The molecule has 4 heteroatoms. The number of nitrogens with two attached hydrogens (primary N) is 1. The van der Waals surface area contributed by atoms with Gasteiger partial charge in [-0.15, -0.1) is 0 Å². The van der Waals surface area contributed by atoms with Crippen LogP contribution in [0.4, 0.5) is 5.69 Å². The van der Waals surface area contributed by atoms with Crippen molar-refractivity contribution in [3.8, 4) is 5.75 Å². The van der Waals surface area contributed by atoms with E-state index in [0.717, 1.165) is 12.8 Å². The van der Waals surface area contributed by atoms with Crippen molar-refractivity contribution in [1.29, 1.82) is 0 Å². The zero-order valence-corrected chi connectivity index (χ0v) is 11.5. The van der Waals surface area contributed by atoms with E-state index < -0.39 is 5.97 Å². The third kappa shape index (κ3) is 5.64. The highest BCUT2D eigenvalue weighted by atomic mass is 16.5. The number of phenols is 1. The summed E-state index contributed by atoms with van der Waals surface area (Å²) in [6.45, 7) is 2.61. The zero-order chi connectivity index (χ0) is 14.1. The van der Waals surface area contributed by atoms with Gasteiger partial charge in [-0.25, -0.2) is 4.79 Å². The minimum Gasteiger partial charge on any atom is -0.506 e. The largest absolute Gasteiger partial charge is 0.506 e. The van der Waals surface area contributed by atoms with Crippen molar-refractivity contribution in [2.75, 3.05) is 12.3 Å². The minimum atomic E-state index is -0.413. The molecule has 1 rings (SSSR count). The van der Waals surface area contributed by atoms with Crippen molar-refractivity contribution in [1.82, 2.24) is 0 Å². The maximum Gasteiger partial charge on any atom is 0.338 e. The Morgan fingerprint density at radius 1 is 1.21 bits per heavy atom. The van der Waals surface area contributed by atoms with E-state index in [4.69, 9.17) is 10.5 Å². The van der Waals surface area contributed by atoms with Crippen LogP contribution in [0.2, 0.25) is 0 Å². The van der Waals surface area contributed by atoms with Gasteiger partial charge in [0.05, 0.1) is 17.9 Å². The minimum absolute atomic E-state index is 0.0889. The van der Waals surface area contributed by atoms with Crippen LogP contribution in [-0.4, -0.2) is 17.7 Å². The summed E-state index contributed by atoms with van der Waals surface area (Å²) in [6.07, 6.45) is 6.90. The summed E-state index contributed by atoms with van der Waals surface area (Å²) < 4.78 is 5.14. The van der Waals surface area contributed by atoms with Gasteiger partial charge >= 0.3 is 5.97 Å². The highest BCUT2D eigenvalue weighted by molar-refractivity contribution is 5.90. The molecule has 0 radical (unpaired) electrons. The smallest absolute Gasteiger partial charge is 0.338 e. The second-order valence-electron chi connectivity index (χ2n) is 4.68. The highest BCUT2D eigenvalue weighted by Crippen LogP contribution is 2.21. The van der Waals surface area contributed by atoms with Crippen molar-refractivity contribution in [2.24, 2.45) is 0 Å². The van der Waals surface area contributed by atoms with Gasteiger partial charge in [0, 0.05) is 0 Å². The first-order valence-electron chi connectivity index (χ1n) is 6.90. The average molecular weight is 265 g/mol. The second-order valence-corrected chi connectivity index (χ2v) is 4.68. The summed E-state index contributed by atoms with van der Waals surface area (Å²) in [4.78, 5) is 11.7. The lowest BCUT2D eigenvalue weighted by molar-refractivity contribution is 0.0497. The fraction of sp³-hybridized carbons (Fsp3) is 0.533. The molecule has 0 aliphatic rings. The Hall–Kier alpha value is -1.71. The molecule has 0 aromatic heterocycles. The number of benzene rings is 1. The van der Waals surface area contributed by atoms with Gasteiger partial charge in [0.2, 0.25) is 0 Å². The number of hydrogen-bond donors (Lipinski definition) is 2. The van der Waals surface area contributed by atoms with Crippen LogP contribution in [0.1, 0.15) is 55.8 Å². The molecular weight excluding hydrogens is 242 g/mol. The van der Waals surface area contributed by atoms with E-state index in [0.29, 0.717) is 12.2 Å². The molecule has 0 heterocycles. The van der Waals surface area contributed by atoms with Gasteiger partial charge in [-0.05, 0) is 24.6 Å². The van der Waals surface area contributed by atoms with E-state index in [2.05, 4.69) is 6.92 Å². The molecular formula is C15H23NO3. The van der Waals surface area contributed by atoms with E-state index in [-0.39, 0.29) is 11.4 Å². The van der Waals surface area contributed by atoms with Gasteiger partial charge in [-0.3, -0.25) is 0 Å². The predicted octanol–water partition coefficient (Wildman–Crippen LogP) is 3.49. The molecule has 4 nitrogen and oxygen atoms in total. The molecule has 1 aromatic rings. The molecule has 1 aromatic carbocycles. The lowest BCUT2D eigenvalue weighted by Crippen LogP contribution is -2.06. The summed E-state index contributed by atoms with van der Waals surface area (Å²) in [5, 5.41) is 9.41. The second kappa shape index (κ2) is 8.40. The van der Waals surface area contributed by atoms with E-state index in [9.17, 15) is 9.90 Å². The van der Waals surface area contributed by atoms with E-state index in [1.165, 1.54) is 37.8 Å². The lowest BCUT2D eigenvalue weighted by Gasteiger charge is -2.06. The molecule has 0 unspecified atom stereocenters. The van der Waals surface area contributed by atoms with Gasteiger partial charge < -0.3 is 15.6 Å². The Labute approximate surface area is 114 Å². The van der Waals surface area contributed by atoms with Crippen LogP contribution >= 0.6 is 0 Å². The van der Waals surface area contributed by atoms with Crippen molar-refractivity contribution < 1.29 is 14.6 Å². The van der Waals surface area contributed by atoms with Crippen molar-refractivity contribution >= 4 is 11.7 Å². The maximum absolute atomic E-state index is 11.7. The third-order valence-electron chi connectivity index (χ3n) is 3.00. The Kier molecular flexibility index (Phi) is 6.79. The number of carbonyl (C=O) groups is 1. The number of phenolic OH excluding ortho intramolecular Hbond substituents is 1. The molecule has 106 valence electrons. The molecule has 0 bridgehead atoms. The van der Waals surface area contributed by atoms with Crippen LogP contribution in [0.15, 0.2) is 18.2 Å². The number of rotatable bonds is 8. The average Bonchev–Trinajstić information content (AvgIpc) is 2.40. The standard InChI is InChI=1S/C15H23NO3/c1-2-3-4-5-6-7-10-19-15(18)12-8-9-13(16)14(17)11-12/h8-9,11,17H,2-7,10,16H2,1H3. The maximum atomic E-state index is 11.7. The van der Waals surface area contributed by atoms with E-state index >= 15 is 0 Å². The van der Waals surface area contributed by atoms with Crippen LogP contribution < -0.4 is 5.73 Å². The van der Waals surface area contributed by atoms with E-state index in [1.54, 1.807) is 6.07 Å². The summed E-state index contributed by atoms with van der Waals surface area (Å²) in [5.41, 5.74) is 6.05. The van der Waals surface area contributed by atoms with Crippen LogP contribution in [0.25, 0.3) is 0 Å². The fourth-order valence-electron chi connectivity index (χ4n) is 1.80. The number of hydrogen-bond acceptors (Lipinski definition) is 4. The lowest BCUT2D eigenvalue weighted by atomic mass is 10.1. The Bertz CT molecular complexity index is 404. The van der Waals surface area contributed by atoms with Gasteiger partial charge in [-0.2, -0.15) is 0 Å². The molecule has 0 atom stereocenters. The third-order valence-corrected chi connectivity index (χ3v) is 3.00. The molecule has 19 heavy (non-hydrogen) atoms. The molecule has 0 aliphatic heterocycles. The van der Waals surface area contributed by atoms with Crippen LogP contribution in [-0.2, 0) is 4.74 Å². The number of carbonyl (C=O) groups excluding carboxylic acids is 1. The predicted molar refractivity (Wildman–Crippen MR) is 76.2 cm³/mol. The summed E-state index contributed by atoms with van der Waals surface area (Å²) in [5.74, 6) is -0.502. The van der Waals surface area contributed by atoms with Crippen LogP contribution in [0.5, 0.6) is 5.75 Å². The number of anilines is 1. The fourth-order valence-corrected chi connectivity index (χ4v) is 1.80. The van der Waals surface area contributed by atoms with Gasteiger partial charge in [-0.1, -0.05) is 39.0 Å². The zero-order valence-electron chi connectivity index (χ0n) is 11.5. The molecule has 0 spiro atoms. The Balaban J connectivity index is 2.22. The topological polar surface area (TPSA) is 72.5 Å². The molecule has 0 fully saturated rings. The number of unbranched alkanes of at least 4 members (excludes halogenated alkanes) is 5. The molecule has 0 aliphatic carbocycles. The van der Waals surface area contributed by atoms with Crippen LogP contribution in [0, 0.1) is 0 Å². The molecule has 0 saturated carbocycles. The van der Waals surface area contributed by atoms with E-state index in [1.807, 2.05) is 0 Å². The van der Waals surface area contributed by atoms with Gasteiger partial charge in [0.15, 0.2) is 0 Å². The quantitative estimate of drug-likeness (QED) is 0.326. The van der Waals surface area contributed by atoms with Crippen molar-refractivity contribution in [3.05, 3.63) is 23.8 Å². The number of ether oxygens (including phenoxy) is 1. The molecule has 0 saturated heterocycles. The van der Waals surface area contributed by atoms with Gasteiger partial charge in [0.25, 0.3) is 0 Å².